The Hall–Kier alpha value is -1.50. The number of phenolic OH excluding ortho intramolecular Hbond substituents is 1. The van der Waals surface area contributed by atoms with Crippen molar-refractivity contribution in [1.82, 2.24) is 4.90 Å². The van der Waals surface area contributed by atoms with E-state index in [1.807, 2.05) is 0 Å². The van der Waals surface area contributed by atoms with E-state index in [-0.39, 0.29) is 30.7 Å². The number of hydrogen-bond acceptors (Lipinski definition) is 5. The number of amides is 1. The third kappa shape index (κ3) is 4.88. The highest BCUT2D eigenvalue weighted by atomic mass is 35.5. The maximum absolute atomic E-state index is 11.9. The molecule has 0 fully saturated rings. The number of hydrogen-bond donors (Lipinski definition) is 2. The lowest BCUT2D eigenvalue weighted by Gasteiger charge is -2.21. The second-order valence-electron chi connectivity index (χ2n) is 4.26. The van der Waals surface area contributed by atoms with Gasteiger partial charge in [0.05, 0.1) is 13.7 Å². The molecule has 0 aliphatic heterocycles. The van der Waals surface area contributed by atoms with Crippen LogP contribution in [0.1, 0.15) is 5.56 Å². The summed E-state index contributed by atoms with van der Waals surface area (Å²) >= 11 is 0. The van der Waals surface area contributed by atoms with Crippen LogP contribution in [0, 0.1) is 0 Å². The van der Waals surface area contributed by atoms with Gasteiger partial charge in [0, 0.05) is 20.7 Å². The van der Waals surface area contributed by atoms with Crippen LogP contribution in [0.5, 0.6) is 11.5 Å². The molecule has 1 aromatic carbocycles. The average molecular weight is 305 g/mol. The molecule has 0 aromatic heterocycles. The van der Waals surface area contributed by atoms with Crippen LogP contribution in [0.15, 0.2) is 18.2 Å². The molecule has 1 aromatic rings. The lowest BCUT2D eigenvalue weighted by Crippen LogP contribution is -2.44. The van der Waals surface area contributed by atoms with Gasteiger partial charge >= 0.3 is 0 Å². The Morgan fingerprint density at radius 1 is 1.45 bits per heavy atom. The second-order valence-corrected chi connectivity index (χ2v) is 4.26. The van der Waals surface area contributed by atoms with E-state index in [4.69, 9.17) is 15.2 Å². The fraction of sp³-hybridized carbons (Fsp3) is 0.462. The zero-order chi connectivity index (χ0) is 14.4. The summed E-state index contributed by atoms with van der Waals surface area (Å²) in [5.74, 6) is 0.230. The van der Waals surface area contributed by atoms with Gasteiger partial charge in [-0.05, 0) is 17.7 Å². The normalized spacial score (nSPS) is 11.4. The summed E-state index contributed by atoms with van der Waals surface area (Å²) in [5.41, 5.74) is 6.46. The van der Waals surface area contributed by atoms with Gasteiger partial charge in [0.2, 0.25) is 5.91 Å². The predicted octanol–water partition coefficient (Wildman–Crippen LogP) is 0.755. The highest BCUT2D eigenvalue weighted by Gasteiger charge is 2.18. The Balaban J connectivity index is 0.00000361. The number of likely N-dealkylation sites (N-methyl/N-ethyl adjacent to an activating group) is 1. The Kier molecular flexibility index (Phi) is 7.98. The molecule has 0 saturated carbocycles. The monoisotopic (exact) mass is 304 g/mol. The van der Waals surface area contributed by atoms with Crippen LogP contribution in [-0.4, -0.2) is 49.8 Å². The molecule has 0 aliphatic carbocycles. The number of methoxy groups -OCH3 is 2. The van der Waals surface area contributed by atoms with Crippen molar-refractivity contribution in [2.24, 2.45) is 5.73 Å². The molecule has 7 heteroatoms. The number of carbonyl (C=O) groups is 1. The molecule has 3 N–H and O–H groups in total. The maximum Gasteiger partial charge on any atom is 0.241 e. The molecule has 0 aliphatic rings. The molecular formula is C13H21ClN2O4. The minimum Gasteiger partial charge on any atom is -0.504 e. The maximum atomic E-state index is 11.9. The largest absolute Gasteiger partial charge is 0.504 e. The zero-order valence-corrected chi connectivity index (χ0v) is 12.6. The molecule has 1 unspecified atom stereocenters. The summed E-state index contributed by atoms with van der Waals surface area (Å²) in [7, 11) is 4.63. The van der Waals surface area contributed by atoms with Crippen LogP contribution in [0.25, 0.3) is 0 Å². The molecule has 6 nitrogen and oxygen atoms in total. The Morgan fingerprint density at radius 3 is 2.60 bits per heavy atom. The molecule has 0 heterocycles. The fourth-order valence-electron chi connectivity index (χ4n) is 1.72. The molecule has 0 radical (unpaired) electrons. The van der Waals surface area contributed by atoms with E-state index in [0.717, 1.165) is 5.56 Å². The van der Waals surface area contributed by atoms with Gasteiger partial charge in [-0.15, -0.1) is 12.4 Å². The zero-order valence-electron chi connectivity index (χ0n) is 11.8. The third-order valence-electron chi connectivity index (χ3n) is 2.70. The van der Waals surface area contributed by atoms with E-state index in [0.29, 0.717) is 12.3 Å². The summed E-state index contributed by atoms with van der Waals surface area (Å²) in [5, 5.41) is 9.66. The first-order valence-electron chi connectivity index (χ1n) is 5.85. The first-order valence-corrected chi connectivity index (χ1v) is 5.85. The molecule has 0 spiro atoms. The van der Waals surface area contributed by atoms with Gasteiger partial charge in [-0.3, -0.25) is 4.79 Å². The van der Waals surface area contributed by atoms with E-state index < -0.39 is 6.04 Å². The van der Waals surface area contributed by atoms with Gasteiger partial charge < -0.3 is 25.2 Å². The number of rotatable bonds is 6. The second kappa shape index (κ2) is 8.63. The number of ether oxygens (including phenoxy) is 2. The van der Waals surface area contributed by atoms with Crippen molar-refractivity contribution in [3.8, 4) is 11.5 Å². The van der Waals surface area contributed by atoms with Gasteiger partial charge in [0.1, 0.15) is 6.04 Å². The van der Waals surface area contributed by atoms with E-state index in [1.54, 1.807) is 25.2 Å². The number of phenols is 1. The highest BCUT2D eigenvalue weighted by molar-refractivity contribution is 5.85. The molecule has 1 atom stereocenters. The molecule has 0 bridgehead atoms. The molecule has 1 amide bonds. The van der Waals surface area contributed by atoms with E-state index in [9.17, 15) is 9.90 Å². The molecule has 0 saturated heterocycles. The van der Waals surface area contributed by atoms with Gasteiger partial charge in [0.25, 0.3) is 0 Å². The minimum absolute atomic E-state index is 0. The standard InChI is InChI=1S/C13H20N2O4.ClH/c1-15(13(17)10(14)8-18-2)7-9-4-5-12(19-3)11(16)6-9;/h4-6,10,16H,7-8,14H2,1-3H3;1H. The van der Waals surface area contributed by atoms with Crippen molar-refractivity contribution in [1.29, 1.82) is 0 Å². The van der Waals surface area contributed by atoms with E-state index in [2.05, 4.69) is 0 Å². The summed E-state index contributed by atoms with van der Waals surface area (Å²) in [6.45, 7) is 0.533. The minimum atomic E-state index is -0.679. The van der Waals surface area contributed by atoms with Crippen molar-refractivity contribution >= 4 is 18.3 Å². The molecule has 114 valence electrons. The van der Waals surface area contributed by atoms with Crippen molar-refractivity contribution in [3.63, 3.8) is 0 Å². The smallest absolute Gasteiger partial charge is 0.241 e. The Bertz CT molecular complexity index is 442. The van der Waals surface area contributed by atoms with Gasteiger partial charge in [0.15, 0.2) is 11.5 Å². The lowest BCUT2D eigenvalue weighted by molar-refractivity contribution is -0.132. The number of carbonyl (C=O) groups excluding carboxylic acids is 1. The fourth-order valence-corrected chi connectivity index (χ4v) is 1.72. The average Bonchev–Trinajstić information content (AvgIpc) is 2.38. The SMILES string of the molecule is COCC(N)C(=O)N(C)Cc1ccc(OC)c(O)c1.Cl. The Morgan fingerprint density at radius 2 is 2.10 bits per heavy atom. The highest BCUT2D eigenvalue weighted by Crippen LogP contribution is 2.26. The molecular weight excluding hydrogens is 284 g/mol. The van der Waals surface area contributed by atoms with Crippen molar-refractivity contribution in [2.45, 2.75) is 12.6 Å². The third-order valence-corrected chi connectivity index (χ3v) is 2.70. The van der Waals surface area contributed by atoms with E-state index in [1.165, 1.54) is 19.1 Å². The summed E-state index contributed by atoms with van der Waals surface area (Å²) < 4.78 is 9.80. The predicted molar refractivity (Wildman–Crippen MR) is 78.2 cm³/mol. The Labute approximate surface area is 124 Å². The van der Waals surface area contributed by atoms with Gasteiger partial charge in [-0.2, -0.15) is 0 Å². The number of nitrogens with zero attached hydrogens (tertiary/aromatic N) is 1. The van der Waals surface area contributed by atoms with Crippen LogP contribution in [0.2, 0.25) is 0 Å². The first kappa shape index (κ1) is 18.5. The van der Waals surface area contributed by atoms with Gasteiger partial charge in [-0.1, -0.05) is 6.07 Å². The number of nitrogens with two attached hydrogens (primary N) is 1. The lowest BCUT2D eigenvalue weighted by atomic mass is 10.2. The van der Waals surface area contributed by atoms with Crippen molar-refractivity contribution in [2.75, 3.05) is 27.9 Å². The van der Waals surface area contributed by atoms with Crippen molar-refractivity contribution < 1.29 is 19.4 Å². The van der Waals surface area contributed by atoms with Crippen LogP contribution in [0.4, 0.5) is 0 Å². The van der Waals surface area contributed by atoms with E-state index >= 15 is 0 Å². The number of halogens is 1. The topological polar surface area (TPSA) is 85.0 Å². The number of aromatic hydroxyl groups is 1. The van der Waals surface area contributed by atoms with Crippen LogP contribution in [0.3, 0.4) is 0 Å². The summed E-state index contributed by atoms with van der Waals surface area (Å²) in [4.78, 5) is 13.4. The van der Waals surface area contributed by atoms with Gasteiger partial charge in [-0.25, -0.2) is 0 Å². The molecule has 20 heavy (non-hydrogen) atoms. The summed E-state index contributed by atoms with van der Waals surface area (Å²) in [6.07, 6.45) is 0. The van der Waals surface area contributed by atoms with Crippen LogP contribution >= 0.6 is 12.4 Å². The van der Waals surface area contributed by atoms with Crippen molar-refractivity contribution in [3.05, 3.63) is 23.8 Å². The molecule has 1 rings (SSSR count). The first-order chi connectivity index (χ1) is 8.99. The summed E-state index contributed by atoms with van der Waals surface area (Å²) in [6, 6.07) is 4.31. The van der Waals surface area contributed by atoms with Crippen LogP contribution < -0.4 is 10.5 Å². The van der Waals surface area contributed by atoms with Crippen LogP contribution in [-0.2, 0) is 16.1 Å². The quantitative estimate of drug-likeness (QED) is 0.810. The number of benzene rings is 1.